The molecule has 7 heteroatoms. The Kier molecular flexibility index (Phi) is 17.9. The smallest absolute Gasteiger partial charge is 0.201 e. The number of hydrogen-bond acceptors (Lipinski definition) is 7. The predicted octanol–water partition coefficient (Wildman–Crippen LogP) is 5.66. The van der Waals surface area contributed by atoms with Crippen molar-refractivity contribution < 1.29 is 34.4 Å². The number of ether oxygens (including phenoxy) is 2. The minimum atomic E-state index is -1.89. The van der Waals surface area contributed by atoms with Gasteiger partial charge in [0.2, 0.25) is 5.78 Å². The Bertz CT molecular complexity index is 1250. The SMILES string of the molecule is CCOCC.COC.O=C(c1ccccc1)C(O)(CO)c1ccccc1.O=C(c1ccccc1)C(O)c1ccccc1. The number of ketones is 2. The van der Waals surface area contributed by atoms with Gasteiger partial charge in [0.1, 0.15) is 6.10 Å². The summed E-state index contributed by atoms with van der Waals surface area (Å²) in [4.78, 5) is 24.2. The van der Waals surface area contributed by atoms with Crippen molar-refractivity contribution in [2.45, 2.75) is 25.6 Å². The molecule has 0 aliphatic rings. The molecule has 7 nitrogen and oxygen atoms in total. The van der Waals surface area contributed by atoms with E-state index in [4.69, 9.17) is 4.74 Å². The molecule has 0 heterocycles. The van der Waals surface area contributed by atoms with Crippen molar-refractivity contribution in [2.24, 2.45) is 0 Å². The minimum Gasteiger partial charge on any atom is -0.393 e. The zero-order chi connectivity index (χ0) is 31.2. The maximum atomic E-state index is 12.3. The molecule has 0 aromatic heterocycles. The molecule has 0 fully saturated rings. The molecule has 0 radical (unpaired) electrons. The zero-order valence-corrected chi connectivity index (χ0v) is 24.7. The second kappa shape index (κ2) is 20.8. The number of methoxy groups -OCH3 is 1. The van der Waals surface area contributed by atoms with Gasteiger partial charge in [-0.1, -0.05) is 121 Å². The van der Waals surface area contributed by atoms with E-state index in [1.165, 1.54) is 0 Å². The number of carbonyl (C=O) groups excluding carboxylic acids is 2. The van der Waals surface area contributed by atoms with Crippen LogP contribution in [0.15, 0.2) is 121 Å². The Balaban J connectivity index is 0.000000337. The van der Waals surface area contributed by atoms with Crippen LogP contribution in [-0.2, 0) is 15.1 Å². The Morgan fingerprint density at radius 1 is 0.690 bits per heavy atom. The first-order chi connectivity index (χ1) is 20.3. The van der Waals surface area contributed by atoms with E-state index in [0.717, 1.165) is 13.2 Å². The molecule has 2 atom stereocenters. The van der Waals surface area contributed by atoms with E-state index in [0.29, 0.717) is 22.3 Å². The topological polar surface area (TPSA) is 113 Å². The average Bonchev–Trinajstić information content (AvgIpc) is 3.06. The van der Waals surface area contributed by atoms with E-state index < -0.39 is 24.1 Å². The highest BCUT2D eigenvalue weighted by molar-refractivity contribution is 6.03. The lowest BCUT2D eigenvalue weighted by Gasteiger charge is -2.24. The molecule has 224 valence electrons. The third-order valence-electron chi connectivity index (χ3n) is 5.72. The molecule has 0 saturated heterocycles. The molecule has 4 aromatic rings. The fourth-order valence-electron chi connectivity index (χ4n) is 3.59. The molecule has 42 heavy (non-hydrogen) atoms. The Labute approximate surface area is 249 Å². The number of benzene rings is 4. The highest BCUT2D eigenvalue weighted by Gasteiger charge is 2.37. The van der Waals surface area contributed by atoms with Gasteiger partial charge in [0.05, 0.1) is 6.61 Å². The lowest BCUT2D eigenvalue weighted by Crippen LogP contribution is -2.39. The van der Waals surface area contributed by atoms with Crippen LogP contribution in [0.25, 0.3) is 0 Å². The molecule has 2 unspecified atom stereocenters. The van der Waals surface area contributed by atoms with Crippen LogP contribution in [0.2, 0.25) is 0 Å². The quantitative estimate of drug-likeness (QED) is 0.221. The molecule has 0 aliphatic carbocycles. The molecule has 4 aromatic carbocycles. The summed E-state index contributed by atoms with van der Waals surface area (Å²) in [7, 11) is 3.25. The molecule has 0 amide bonds. The van der Waals surface area contributed by atoms with Gasteiger partial charge < -0.3 is 24.8 Å². The fraction of sp³-hybridized carbons (Fsp3) is 0.257. The van der Waals surface area contributed by atoms with Gasteiger partial charge in [-0.05, 0) is 25.0 Å². The van der Waals surface area contributed by atoms with Gasteiger partial charge in [-0.3, -0.25) is 9.59 Å². The largest absolute Gasteiger partial charge is 0.393 e. The Morgan fingerprint density at radius 2 is 1.07 bits per heavy atom. The Hall–Kier alpha value is -3.98. The molecule has 0 saturated carbocycles. The van der Waals surface area contributed by atoms with Crippen molar-refractivity contribution in [3.63, 3.8) is 0 Å². The zero-order valence-electron chi connectivity index (χ0n) is 24.7. The van der Waals surface area contributed by atoms with E-state index in [2.05, 4.69) is 4.74 Å². The van der Waals surface area contributed by atoms with Gasteiger partial charge in [-0.2, -0.15) is 0 Å². The molecule has 4 rings (SSSR count). The van der Waals surface area contributed by atoms with E-state index in [-0.39, 0.29) is 5.78 Å². The molecule has 0 bridgehead atoms. The Morgan fingerprint density at radius 3 is 1.45 bits per heavy atom. The number of aliphatic hydroxyl groups excluding tert-OH is 2. The number of aliphatic hydroxyl groups is 3. The van der Waals surface area contributed by atoms with Gasteiger partial charge in [-0.15, -0.1) is 0 Å². The van der Waals surface area contributed by atoms with E-state index in [1.54, 1.807) is 123 Å². The molecule has 3 N–H and O–H groups in total. The summed E-state index contributed by atoms with van der Waals surface area (Å²) in [5.74, 6) is -0.774. The van der Waals surface area contributed by atoms with Crippen LogP contribution in [-0.4, -0.2) is 60.9 Å². The van der Waals surface area contributed by atoms with Crippen molar-refractivity contribution >= 4 is 11.6 Å². The van der Waals surface area contributed by atoms with Crippen LogP contribution < -0.4 is 0 Å². The summed E-state index contributed by atoms with van der Waals surface area (Å²) >= 11 is 0. The molecule has 0 aliphatic heterocycles. The number of carbonyl (C=O) groups is 2. The normalized spacial score (nSPS) is 12.0. The summed E-state index contributed by atoms with van der Waals surface area (Å²) in [6.45, 7) is 5.02. The third-order valence-corrected chi connectivity index (χ3v) is 5.72. The first-order valence-corrected chi connectivity index (χ1v) is 13.6. The van der Waals surface area contributed by atoms with Gasteiger partial charge >= 0.3 is 0 Å². The second-order valence-electron chi connectivity index (χ2n) is 8.81. The van der Waals surface area contributed by atoms with Crippen LogP contribution in [0.4, 0.5) is 0 Å². The van der Waals surface area contributed by atoms with Crippen molar-refractivity contribution in [2.75, 3.05) is 34.0 Å². The maximum Gasteiger partial charge on any atom is 0.201 e. The summed E-state index contributed by atoms with van der Waals surface area (Å²) in [5, 5.41) is 29.7. The van der Waals surface area contributed by atoms with E-state index >= 15 is 0 Å². The van der Waals surface area contributed by atoms with Crippen LogP contribution in [0.3, 0.4) is 0 Å². The number of rotatable bonds is 9. The highest BCUT2D eigenvalue weighted by Crippen LogP contribution is 2.25. The second-order valence-corrected chi connectivity index (χ2v) is 8.81. The van der Waals surface area contributed by atoms with Gasteiger partial charge in [-0.25, -0.2) is 0 Å². The van der Waals surface area contributed by atoms with Gasteiger partial charge in [0.25, 0.3) is 0 Å². The standard InChI is InChI=1S/C15H14O3.C14H12O2.C4H10O.C2H6O/c16-11-15(18,13-9-5-2-6-10-13)14(17)12-7-3-1-4-8-12;15-13(11-7-3-1-4-8-11)14(16)12-9-5-2-6-10-12;1-3-5-4-2;1-3-2/h1-10,16,18H,11H2;1-10,13,15H;3-4H2,1-2H3;1-2H3. The lowest BCUT2D eigenvalue weighted by atomic mass is 9.87. The van der Waals surface area contributed by atoms with Crippen LogP contribution in [0.5, 0.6) is 0 Å². The van der Waals surface area contributed by atoms with Crippen LogP contribution in [0.1, 0.15) is 51.8 Å². The van der Waals surface area contributed by atoms with Crippen molar-refractivity contribution in [3.8, 4) is 0 Å². The summed E-state index contributed by atoms with van der Waals surface area (Å²) in [5.41, 5.74) is 0.0252. The summed E-state index contributed by atoms with van der Waals surface area (Å²) < 4.78 is 9.08. The first kappa shape index (κ1) is 36.0. The van der Waals surface area contributed by atoms with Crippen molar-refractivity contribution in [1.82, 2.24) is 0 Å². The fourth-order valence-corrected chi connectivity index (χ4v) is 3.59. The van der Waals surface area contributed by atoms with E-state index in [9.17, 15) is 24.9 Å². The van der Waals surface area contributed by atoms with Crippen LogP contribution in [0, 0.1) is 0 Å². The van der Waals surface area contributed by atoms with Gasteiger partial charge in [0.15, 0.2) is 11.4 Å². The third kappa shape index (κ3) is 11.9. The molecular formula is C35H42O7. The predicted molar refractivity (Wildman–Crippen MR) is 165 cm³/mol. The highest BCUT2D eigenvalue weighted by atomic mass is 16.5. The van der Waals surface area contributed by atoms with Gasteiger partial charge in [0, 0.05) is 38.6 Å². The van der Waals surface area contributed by atoms with E-state index in [1.807, 2.05) is 26.0 Å². The van der Waals surface area contributed by atoms with Crippen molar-refractivity contribution in [1.29, 1.82) is 0 Å². The lowest BCUT2D eigenvalue weighted by molar-refractivity contribution is -0.00400. The monoisotopic (exact) mass is 574 g/mol. The molecular weight excluding hydrogens is 532 g/mol. The maximum absolute atomic E-state index is 12.3. The summed E-state index contributed by atoms with van der Waals surface area (Å²) in [6, 6.07) is 34.7. The average molecular weight is 575 g/mol. The van der Waals surface area contributed by atoms with Crippen molar-refractivity contribution in [3.05, 3.63) is 144 Å². The number of hydrogen-bond donors (Lipinski definition) is 3. The summed E-state index contributed by atoms with van der Waals surface area (Å²) in [6.07, 6.45) is -1.08. The van der Waals surface area contributed by atoms with Crippen LogP contribution >= 0.6 is 0 Å². The first-order valence-electron chi connectivity index (χ1n) is 13.6. The number of Topliss-reactive ketones (excluding diaryl/α,β-unsaturated/α-hetero) is 2. The minimum absolute atomic E-state index is 0.271. The molecule has 0 spiro atoms.